The number of amides is 2. The molecule has 8 nitrogen and oxygen atoms in total. The highest BCUT2D eigenvalue weighted by Gasteiger charge is 2.19. The molecule has 2 atom stereocenters. The van der Waals surface area contributed by atoms with Crippen LogP contribution in [0.15, 0.2) is 0 Å². The molecule has 0 saturated carbocycles. The van der Waals surface area contributed by atoms with Crippen molar-refractivity contribution in [1.82, 2.24) is 10.9 Å². The molecule has 9 heteroatoms. The van der Waals surface area contributed by atoms with Crippen molar-refractivity contribution in [2.45, 2.75) is 45.3 Å². The van der Waals surface area contributed by atoms with E-state index < -0.39 is 36.5 Å². The summed E-state index contributed by atoms with van der Waals surface area (Å²) in [6, 6.07) is 0. The van der Waals surface area contributed by atoms with E-state index in [1.165, 1.54) is 20.9 Å². The highest BCUT2D eigenvalue weighted by atomic mass is 19.2. The van der Waals surface area contributed by atoms with E-state index in [2.05, 4.69) is 5.32 Å². The van der Waals surface area contributed by atoms with Crippen molar-refractivity contribution in [3.05, 3.63) is 0 Å². The Balaban J connectivity index is 4.06. The predicted molar refractivity (Wildman–Crippen MR) is 68.3 cm³/mol. The molecule has 0 aliphatic carbocycles. The minimum Gasteiger partial charge on any atom is -0.462 e. The maximum Gasteiger partial charge on any atom is 0.317 e. The van der Waals surface area contributed by atoms with Gasteiger partial charge >= 0.3 is 11.9 Å². The molecule has 0 saturated heterocycles. The minimum atomic E-state index is -0.933. The van der Waals surface area contributed by atoms with E-state index in [0.717, 1.165) is 5.54 Å². The van der Waals surface area contributed by atoms with Crippen LogP contribution in [-0.2, 0) is 28.7 Å². The number of hydrogen-bond donors (Lipinski definition) is 2. The summed E-state index contributed by atoms with van der Waals surface area (Å²) in [6.07, 6.45) is -2.58. The molecule has 0 aliphatic heterocycles. The third-order valence-corrected chi connectivity index (χ3v) is 2.28. The highest BCUT2D eigenvalue weighted by molar-refractivity contribution is 5.91. The average molecular weight is 306 g/mol. The third-order valence-electron chi connectivity index (χ3n) is 2.28. The largest absolute Gasteiger partial charge is 0.462 e. The number of nitrogens with one attached hydrogen (secondary N) is 2. The van der Waals surface area contributed by atoms with Gasteiger partial charge in [-0.05, 0) is 13.8 Å². The standard InChI is InChI=1S/C12H19FN2O6/c1-7(4-9(16)14-3)20-11(18)6-12(19)21-8(2)5-10(17)15-13/h7-8H,4-6H2,1-3H3,(H,14,16)(H,15,17). The smallest absolute Gasteiger partial charge is 0.317 e. The molecule has 0 fully saturated rings. The second-order valence-corrected chi connectivity index (χ2v) is 4.38. The van der Waals surface area contributed by atoms with E-state index in [9.17, 15) is 23.7 Å². The maximum absolute atomic E-state index is 11.7. The summed E-state index contributed by atoms with van der Waals surface area (Å²) in [5.41, 5.74) is 0.900. The van der Waals surface area contributed by atoms with Crippen molar-refractivity contribution in [3.8, 4) is 0 Å². The van der Waals surface area contributed by atoms with Crippen molar-refractivity contribution in [1.29, 1.82) is 0 Å². The summed E-state index contributed by atoms with van der Waals surface area (Å²) < 4.78 is 21.3. The molecule has 120 valence electrons. The van der Waals surface area contributed by atoms with Crippen LogP contribution in [0.1, 0.15) is 33.1 Å². The van der Waals surface area contributed by atoms with Crippen LogP contribution in [0.2, 0.25) is 0 Å². The number of ether oxygens (including phenoxy) is 2. The molecule has 0 aromatic carbocycles. The second-order valence-electron chi connectivity index (χ2n) is 4.38. The number of carbonyl (C=O) groups excluding carboxylic acids is 4. The summed E-state index contributed by atoms with van der Waals surface area (Å²) in [5, 5.41) is 2.37. The first kappa shape index (κ1) is 18.8. The molecule has 0 heterocycles. The Hall–Kier alpha value is -2.19. The summed E-state index contributed by atoms with van der Waals surface area (Å²) in [6.45, 7) is 2.89. The van der Waals surface area contributed by atoms with Crippen LogP contribution >= 0.6 is 0 Å². The van der Waals surface area contributed by atoms with Gasteiger partial charge in [-0.2, -0.15) is 5.54 Å². The lowest BCUT2D eigenvalue weighted by Gasteiger charge is -2.14. The Labute approximate surface area is 121 Å². The summed E-state index contributed by atoms with van der Waals surface area (Å²) >= 11 is 0. The van der Waals surface area contributed by atoms with E-state index in [4.69, 9.17) is 9.47 Å². The van der Waals surface area contributed by atoms with Gasteiger partial charge < -0.3 is 14.8 Å². The molecule has 21 heavy (non-hydrogen) atoms. The SMILES string of the molecule is CNC(=O)CC(C)OC(=O)CC(=O)OC(C)CC(=O)NF. The molecular formula is C12H19FN2O6. The molecule has 0 radical (unpaired) electrons. The van der Waals surface area contributed by atoms with Gasteiger partial charge in [-0.15, -0.1) is 4.48 Å². The first-order valence-corrected chi connectivity index (χ1v) is 6.27. The van der Waals surface area contributed by atoms with Gasteiger partial charge in [0, 0.05) is 7.05 Å². The molecule has 0 rings (SSSR count). The van der Waals surface area contributed by atoms with Crippen molar-refractivity contribution < 1.29 is 33.1 Å². The number of halogens is 1. The van der Waals surface area contributed by atoms with Crippen LogP contribution < -0.4 is 10.9 Å². The highest BCUT2D eigenvalue weighted by Crippen LogP contribution is 2.04. The Morgan fingerprint density at radius 2 is 1.38 bits per heavy atom. The fourth-order valence-corrected chi connectivity index (χ4v) is 1.40. The van der Waals surface area contributed by atoms with Crippen LogP contribution in [0.3, 0.4) is 0 Å². The fourth-order valence-electron chi connectivity index (χ4n) is 1.40. The maximum atomic E-state index is 11.7. The van der Waals surface area contributed by atoms with Gasteiger partial charge in [-0.1, -0.05) is 0 Å². The lowest BCUT2D eigenvalue weighted by molar-refractivity contribution is -0.160. The third kappa shape index (κ3) is 9.36. The summed E-state index contributed by atoms with van der Waals surface area (Å²) in [7, 11) is 1.45. The van der Waals surface area contributed by atoms with Crippen LogP contribution in [0.5, 0.6) is 0 Å². The molecule has 0 aliphatic rings. The Kier molecular flexibility index (Phi) is 8.66. The van der Waals surface area contributed by atoms with E-state index in [-0.39, 0.29) is 18.7 Å². The minimum absolute atomic E-state index is 0.0235. The lowest BCUT2D eigenvalue weighted by atomic mass is 10.2. The van der Waals surface area contributed by atoms with Gasteiger partial charge in [0.15, 0.2) is 0 Å². The first-order valence-electron chi connectivity index (χ1n) is 6.27. The molecule has 0 aromatic rings. The molecule has 0 aromatic heterocycles. The first-order chi connectivity index (χ1) is 9.78. The quantitative estimate of drug-likeness (QED) is 0.364. The van der Waals surface area contributed by atoms with E-state index in [0.29, 0.717) is 0 Å². The van der Waals surface area contributed by atoms with Gasteiger partial charge in [-0.25, -0.2) is 0 Å². The summed E-state index contributed by atoms with van der Waals surface area (Å²) in [5.74, 6) is -2.98. The van der Waals surface area contributed by atoms with Crippen LogP contribution in [0, 0.1) is 0 Å². The van der Waals surface area contributed by atoms with E-state index in [1.54, 1.807) is 0 Å². The Morgan fingerprint density at radius 1 is 0.952 bits per heavy atom. The van der Waals surface area contributed by atoms with Crippen LogP contribution in [0.4, 0.5) is 4.48 Å². The molecule has 0 bridgehead atoms. The van der Waals surface area contributed by atoms with Crippen molar-refractivity contribution in [3.63, 3.8) is 0 Å². The molecule has 2 N–H and O–H groups in total. The second kappa shape index (κ2) is 9.67. The molecule has 2 unspecified atom stereocenters. The number of hydrogen-bond acceptors (Lipinski definition) is 6. The number of carbonyl (C=O) groups is 4. The molecule has 0 spiro atoms. The normalized spacial score (nSPS) is 12.8. The fraction of sp³-hybridized carbons (Fsp3) is 0.667. The predicted octanol–water partition coefficient (Wildman–Crippen LogP) is -0.233. The monoisotopic (exact) mass is 306 g/mol. The van der Waals surface area contributed by atoms with Crippen LogP contribution in [-0.4, -0.2) is 43.0 Å². The Morgan fingerprint density at radius 3 is 1.76 bits per heavy atom. The average Bonchev–Trinajstić information content (AvgIpc) is 2.37. The van der Waals surface area contributed by atoms with Gasteiger partial charge in [0.05, 0.1) is 12.8 Å². The van der Waals surface area contributed by atoms with Crippen molar-refractivity contribution in [2.24, 2.45) is 0 Å². The summed E-state index contributed by atoms with van der Waals surface area (Å²) in [4.78, 5) is 44.5. The zero-order valence-electron chi connectivity index (χ0n) is 12.1. The number of rotatable bonds is 8. The lowest BCUT2D eigenvalue weighted by Crippen LogP contribution is -2.28. The Bertz CT molecular complexity index is 365. The van der Waals surface area contributed by atoms with Crippen molar-refractivity contribution >= 4 is 23.8 Å². The number of esters is 2. The van der Waals surface area contributed by atoms with Gasteiger partial charge in [-0.3, -0.25) is 19.2 Å². The zero-order chi connectivity index (χ0) is 16.4. The van der Waals surface area contributed by atoms with Gasteiger partial charge in [0.2, 0.25) is 5.91 Å². The van der Waals surface area contributed by atoms with Crippen LogP contribution in [0.25, 0.3) is 0 Å². The zero-order valence-corrected chi connectivity index (χ0v) is 12.1. The van der Waals surface area contributed by atoms with E-state index >= 15 is 0 Å². The van der Waals surface area contributed by atoms with Gasteiger partial charge in [0.1, 0.15) is 18.6 Å². The van der Waals surface area contributed by atoms with Gasteiger partial charge in [0.25, 0.3) is 5.91 Å². The molecule has 2 amide bonds. The topological polar surface area (TPSA) is 111 Å². The molecular weight excluding hydrogens is 287 g/mol. The van der Waals surface area contributed by atoms with E-state index in [1.807, 2.05) is 0 Å². The van der Waals surface area contributed by atoms with Crippen molar-refractivity contribution in [2.75, 3.05) is 7.05 Å².